The van der Waals surface area contributed by atoms with E-state index in [4.69, 9.17) is 14.2 Å². The van der Waals surface area contributed by atoms with E-state index in [0.717, 1.165) is 13.5 Å². The lowest BCUT2D eigenvalue weighted by Crippen LogP contribution is -2.68. The van der Waals surface area contributed by atoms with Gasteiger partial charge < -0.3 is 45.1 Å². The fraction of sp³-hybridized carbons (Fsp3) is 0.857. The lowest BCUT2D eigenvalue weighted by atomic mass is 9.94. The summed E-state index contributed by atoms with van der Waals surface area (Å²) in [5.74, 6) is -0.603. The number of hydrogen-bond acceptors (Lipinski definition) is 9. The van der Waals surface area contributed by atoms with Gasteiger partial charge in [0.2, 0.25) is 5.91 Å². The summed E-state index contributed by atoms with van der Waals surface area (Å²) >= 11 is 0. The van der Waals surface area contributed by atoms with Crippen molar-refractivity contribution in [1.82, 2.24) is 5.32 Å². The number of aliphatic hydroxyl groups is 5. The molecule has 0 spiro atoms. The van der Waals surface area contributed by atoms with Crippen LogP contribution in [0.5, 0.6) is 0 Å². The lowest BCUT2D eigenvalue weighted by Gasteiger charge is -2.46. The van der Waals surface area contributed by atoms with Gasteiger partial charge in [0.15, 0.2) is 12.0 Å². The normalized spacial score (nSPS) is 46.5. The molecule has 2 rings (SSSR count). The van der Waals surface area contributed by atoms with Gasteiger partial charge in [0.25, 0.3) is 0 Å². The molecule has 2 saturated heterocycles. The Morgan fingerprint density at radius 1 is 1.38 bits per heavy atom. The van der Waals surface area contributed by atoms with Crippen molar-refractivity contribution in [2.75, 3.05) is 6.61 Å². The van der Waals surface area contributed by atoms with E-state index in [-0.39, 0.29) is 6.42 Å². The van der Waals surface area contributed by atoms with E-state index in [0.29, 0.717) is 0 Å². The highest BCUT2D eigenvalue weighted by atomic mass is 16.7. The SMILES string of the molecule is CC(=O)N[C@]1(O)[CH]O[C@H](CO)[C@@H](O)[C@@H]1O[C@H]1C[C@H](O)[C@H](O)[C@H](C)O1. The summed E-state index contributed by atoms with van der Waals surface area (Å²) in [6.07, 6.45) is -8.06. The molecule has 0 aromatic carbocycles. The Morgan fingerprint density at radius 3 is 2.58 bits per heavy atom. The fourth-order valence-electron chi connectivity index (χ4n) is 2.79. The quantitative estimate of drug-likeness (QED) is 0.290. The number of aliphatic hydroxyl groups excluding tert-OH is 4. The zero-order valence-corrected chi connectivity index (χ0v) is 13.4. The second-order valence-electron chi connectivity index (χ2n) is 6.09. The molecule has 2 aliphatic heterocycles. The number of hydrogen-bond donors (Lipinski definition) is 6. The van der Waals surface area contributed by atoms with Crippen LogP contribution in [-0.4, -0.2) is 86.7 Å². The van der Waals surface area contributed by atoms with Crippen LogP contribution in [-0.2, 0) is 19.0 Å². The molecule has 0 aliphatic carbocycles. The molecule has 1 amide bonds. The molecule has 24 heavy (non-hydrogen) atoms. The number of carbonyl (C=O) groups excluding carboxylic acids is 1. The van der Waals surface area contributed by atoms with E-state index in [1.54, 1.807) is 0 Å². The molecule has 8 atom stereocenters. The van der Waals surface area contributed by atoms with Crippen molar-refractivity contribution in [3.63, 3.8) is 0 Å². The Balaban J connectivity index is 2.16. The molecule has 10 heteroatoms. The highest BCUT2D eigenvalue weighted by Gasteiger charge is 2.53. The number of carbonyl (C=O) groups is 1. The Hall–Kier alpha value is -0.850. The molecule has 2 aliphatic rings. The Kier molecular flexibility index (Phi) is 6.15. The van der Waals surface area contributed by atoms with Gasteiger partial charge >= 0.3 is 0 Å². The van der Waals surface area contributed by atoms with Crippen LogP contribution in [0.15, 0.2) is 0 Å². The largest absolute Gasteiger partial charge is 0.394 e. The van der Waals surface area contributed by atoms with Crippen molar-refractivity contribution in [1.29, 1.82) is 0 Å². The average molecular weight is 350 g/mol. The Morgan fingerprint density at radius 2 is 2.04 bits per heavy atom. The Bertz CT molecular complexity index is 438. The molecular formula is C14H24NO9. The van der Waals surface area contributed by atoms with Gasteiger partial charge in [-0.1, -0.05) is 0 Å². The van der Waals surface area contributed by atoms with Crippen molar-refractivity contribution >= 4 is 5.91 Å². The highest BCUT2D eigenvalue weighted by molar-refractivity contribution is 5.73. The number of nitrogens with one attached hydrogen (secondary N) is 1. The number of ether oxygens (including phenoxy) is 3. The van der Waals surface area contributed by atoms with Gasteiger partial charge in [-0.25, -0.2) is 0 Å². The molecule has 2 fully saturated rings. The summed E-state index contributed by atoms with van der Waals surface area (Å²) < 4.78 is 16.0. The average Bonchev–Trinajstić information content (AvgIpc) is 2.48. The first-order valence-electron chi connectivity index (χ1n) is 7.65. The van der Waals surface area contributed by atoms with Crippen LogP contribution in [0.1, 0.15) is 20.3 Å². The monoisotopic (exact) mass is 350 g/mol. The van der Waals surface area contributed by atoms with Crippen molar-refractivity contribution in [3.8, 4) is 0 Å². The first-order chi connectivity index (χ1) is 11.2. The molecule has 0 aromatic heterocycles. The topological polar surface area (TPSA) is 158 Å². The Labute approximate surface area is 138 Å². The van der Waals surface area contributed by atoms with Gasteiger partial charge in [0, 0.05) is 13.3 Å². The van der Waals surface area contributed by atoms with Crippen molar-refractivity contribution in [3.05, 3.63) is 6.61 Å². The molecule has 0 aromatic rings. The molecular weight excluding hydrogens is 326 g/mol. The van der Waals surface area contributed by atoms with Gasteiger partial charge in [-0.2, -0.15) is 0 Å². The van der Waals surface area contributed by atoms with Crippen LogP contribution in [0, 0.1) is 6.61 Å². The van der Waals surface area contributed by atoms with Crippen LogP contribution in [0.2, 0.25) is 0 Å². The zero-order valence-electron chi connectivity index (χ0n) is 13.4. The van der Waals surface area contributed by atoms with E-state index in [2.05, 4.69) is 5.32 Å². The van der Waals surface area contributed by atoms with Gasteiger partial charge in [-0.3, -0.25) is 4.79 Å². The van der Waals surface area contributed by atoms with Crippen LogP contribution in [0.25, 0.3) is 0 Å². The fourth-order valence-corrected chi connectivity index (χ4v) is 2.79. The molecule has 139 valence electrons. The van der Waals surface area contributed by atoms with Crippen LogP contribution < -0.4 is 5.32 Å². The zero-order chi connectivity index (χ0) is 18.1. The summed E-state index contributed by atoms with van der Waals surface area (Å²) in [6, 6.07) is 0. The van der Waals surface area contributed by atoms with Crippen molar-refractivity contribution < 1.29 is 44.5 Å². The van der Waals surface area contributed by atoms with Gasteiger partial charge in [0.1, 0.15) is 31.0 Å². The summed E-state index contributed by atoms with van der Waals surface area (Å²) in [5.41, 5.74) is -2.16. The standard InChI is InChI=1S/C14H24NO9/c1-6-11(19)8(18)3-10(23-6)24-13-12(20)9(4-16)22-5-14(13,21)15-7(2)17/h5-6,8-13,16,18-21H,3-4H2,1-2H3,(H,15,17)/t6-,8-,9+,10-,11+,12+,13-,14-/m0/s1. The summed E-state index contributed by atoms with van der Waals surface area (Å²) in [4.78, 5) is 11.3. The molecule has 1 radical (unpaired) electrons. The summed E-state index contributed by atoms with van der Waals surface area (Å²) in [7, 11) is 0. The first-order valence-corrected chi connectivity index (χ1v) is 7.65. The van der Waals surface area contributed by atoms with E-state index in [9.17, 15) is 30.3 Å². The minimum atomic E-state index is -2.16. The van der Waals surface area contributed by atoms with Crippen LogP contribution in [0.3, 0.4) is 0 Å². The number of rotatable bonds is 4. The van der Waals surface area contributed by atoms with Crippen LogP contribution in [0.4, 0.5) is 0 Å². The lowest BCUT2D eigenvalue weighted by molar-refractivity contribution is -0.313. The van der Waals surface area contributed by atoms with Crippen molar-refractivity contribution in [2.45, 2.75) is 68.9 Å². The van der Waals surface area contributed by atoms with Gasteiger partial charge in [-0.05, 0) is 6.92 Å². The van der Waals surface area contributed by atoms with E-state index in [1.165, 1.54) is 6.92 Å². The van der Waals surface area contributed by atoms with E-state index < -0.39 is 61.2 Å². The minimum Gasteiger partial charge on any atom is -0.394 e. The molecule has 0 bridgehead atoms. The van der Waals surface area contributed by atoms with Crippen LogP contribution >= 0.6 is 0 Å². The number of amides is 1. The molecule has 0 unspecified atom stereocenters. The molecule has 2 heterocycles. The highest BCUT2D eigenvalue weighted by Crippen LogP contribution is 2.31. The second kappa shape index (κ2) is 7.58. The summed E-state index contributed by atoms with van der Waals surface area (Å²) in [5, 5.41) is 51.8. The molecule has 0 saturated carbocycles. The molecule has 10 nitrogen and oxygen atoms in total. The maximum Gasteiger partial charge on any atom is 0.219 e. The maximum atomic E-state index is 11.3. The summed E-state index contributed by atoms with van der Waals surface area (Å²) in [6.45, 7) is 3.01. The van der Waals surface area contributed by atoms with E-state index >= 15 is 0 Å². The predicted octanol–water partition coefficient (Wildman–Crippen LogP) is -3.03. The smallest absolute Gasteiger partial charge is 0.219 e. The third kappa shape index (κ3) is 4.03. The van der Waals surface area contributed by atoms with Crippen molar-refractivity contribution in [2.24, 2.45) is 0 Å². The first kappa shape index (κ1) is 19.5. The molecule has 6 N–H and O–H groups in total. The van der Waals surface area contributed by atoms with Gasteiger partial charge in [-0.15, -0.1) is 0 Å². The van der Waals surface area contributed by atoms with E-state index in [1.807, 2.05) is 0 Å². The maximum absolute atomic E-state index is 11.3. The van der Waals surface area contributed by atoms with Gasteiger partial charge in [0.05, 0.1) is 18.8 Å². The predicted molar refractivity (Wildman–Crippen MR) is 76.9 cm³/mol. The second-order valence-corrected chi connectivity index (χ2v) is 6.09. The minimum absolute atomic E-state index is 0.102. The third-order valence-corrected chi connectivity index (χ3v) is 4.08. The third-order valence-electron chi connectivity index (χ3n) is 4.08.